The SMILES string of the molecule is COC(=O)c1cc(Oc2ccc(F)cc2N)ccn1. The molecule has 1 aromatic heterocycles. The Hall–Kier alpha value is -2.63. The lowest BCUT2D eigenvalue weighted by atomic mass is 10.3. The maximum absolute atomic E-state index is 12.9. The topological polar surface area (TPSA) is 74.4 Å². The van der Waals surface area contributed by atoms with Crippen LogP contribution in [0.5, 0.6) is 11.5 Å². The Labute approximate surface area is 108 Å². The Morgan fingerprint density at radius 2 is 2.11 bits per heavy atom. The summed E-state index contributed by atoms with van der Waals surface area (Å²) in [6.45, 7) is 0. The van der Waals surface area contributed by atoms with Gasteiger partial charge in [0, 0.05) is 18.3 Å². The van der Waals surface area contributed by atoms with Crippen molar-refractivity contribution >= 4 is 11.7 Å². The Kier molecular flexibility index (Phi) is 3.61. The van der Waals surface area contributed by atoms with Crippen LogP contribution in [-0.2, 0) is 4.74 Å². The first kappa shape index (κ1) is 12.8. The minimum atomic E-state index is -0.572. The highest BCUT2D eigenvalue weighted by molar-refractivity contribution is 5.87. The molecule has 1 aromatic carbocycles. The highest BCUT2D eigenvalue weighted by Crippen LogP contribution is 2.27. The van der Waals surface area contributed by atoms with Crippen LogP contribution in [0.3, 0.4) is 0 Å². The molecule has 0 aliphatic carbocycles. The van der Waals surface area contributed by atoms with E-state index < -0.39 is 11.8 Å². The molecule has 0 saturated carbocycles. The summed E-state index contributed by atoms with van der Waals surface area (Å²) < 4.78 is 22.9. The van der Waals surface area contributed by atoms with Crippen LogP contribution in [0.1, 0.15) is 10.5 Å². The number of halogens is 1. The molecule has 0 fully saturated rings. The van der Waals surface area contributed by atoms with Crippen LogP contribution in [0.2, 0.25) is 0 Å². The fourth-order valence-corrected chi connectivity index (χ4v) is 1.43. The fourth-order valence-electron chi connectivity index (χ4n) is 1.43. The van der Waals surface area contributed by atoms with Crippen molar-refractivity contribution in [2.24, 2.45) is 0 Å². The van der Waals surface area contributed by atoms with Gasteiger partial charge in [-0.15, -0.1) is 0 Å². The van der Waals surface area contributed by atoms with Crippen LogP contribution < -0.4 is 10.5 Å². The molecule has 2 N–H and O–H groups in total. The number of aromatic nitrogens is 1. The standard InChI is InChI=1S/C13H11FN2O3/c1-18-13(17)11-7-9(4-5-16-11)19-12-3-2-8(14)6-10(12)15/h2-7H,15H2,1H3. The zero-order valence-electron chi connectivity index (χ0n) is 10.1. The molecule has 0 aliphatic rings. The maximum Gasteiger partial charge on any atom is 0.356 e. The Balaban J connectivity index is 2.26. The van der Waals surface area contributed by atoms with Gasteiger partial charge in [-0.3, -0.25) is 0 Å². The molecular weight excluding hydrogens is 251 g/mol. The quantitative estimate of drug-likeness (QED) is 0.679. The van der Waals surface area contributed by atoms with Crippen molar-refractivity contribution in [2.75, 3.05) is 12.8 Å². The summed E-state index contributed by atoms with van der Waals surface area (Å²) in [5.74, 6) is -0.371. The lowest BCUT2D eigenvalue weighted by molar-refractivity contribution is 0.0593. The number of hydrogen-bond donors (Lipinski definition) is 1. The number of ether oxygens (including phenoxy) is 2. The molecule has 0 saturated heterocycles. The van der Waals surface area contributed by atoms with Gasteiger partial charge in [0.2, 0.25) is 0 Å². The average Bonchev–Trinajstić information content (AvgIpc) is 2.41. The molecule has 19 heavy (non-hydrogen) atoms. The van der Waals surface area contributed by atoms with Crippen LogP contribution in [0, 0.1) is 5.82 Å². The third-order valence-electron chi connectivity index (χ3n) is 2.33. The van der Waals surface area contributed by atoms with Gasteiger partial charge in [-0.05, 0) is 18.2 Å². The molecule has 0 bridgehead atoms. The summed E-state index contributed by atoms with van der Waals surface area (Å²) >= 11 is 0. The van der Waals surface area contributed by atoms with Gasteiger partial charge in [0.25, 0.3) is 0 Å². The minimum absolute atomic E-state index is 0.112. The van der Waals surface area contributed by atoms with Crippen LogP contribution in [0.25, 0.3) is 0 Å². The number of hydrogen-bond acceptors (Lipinski definition) is 5. The third-order valence-corrected chi connectivity index (χ3v) is 2.33. The number of methoxy groups -OCH3 is 1. The number of benzene rings is 1. The van der Waals surface area contributed by atoms with Gasteiger partial charge >= 0.3 is 5.97 Å². The van der Waals surface area contributed by atoms with Gasteiger partial charge in [-0.2, -0.15) is 0 Å². The molecule has 0 amide bonds. The molecule has 0 unspecified atom stereocenters. The molecule has 0 spiro atoms. The summed E-state index contributed by atoms with van der Waals surface area (Å²) in [6, 6.07) is 6.75. The fraction of sp³-hybridized carbons (Fsp3) is 0.0769. The smallest absolute Gasteiger partial charge is 0.356 e. The Morgan fingerprint density at radius 1 is 1.32 bits per heavy atom. The highest BCUT2D eigenvalue weighted by Gasteiger charge is 2.09. The van der Waals surface area contributed by atoms with E-state index in [1.165, 1.54) is 31.5 Å². The summed E-state index contributed by atoms with van der Waals surface area (Å²) in [5, 5.41) is 0. The molecule has 6 heteroatoms. The number of rotatable bonds is 3. The van der Waals surface area contributed by atoms with Gasteiger partial charge in [0.1, 0.15) is 11.6 Å². The molecular formula is C13H11FN2O3. The zero-order valence-corrected chi connectivity index (χ0v) is 10.1. The predicted molar refractivity (Wildman–Crippen MR) is 66.5 cm³/mol. The Bertz CT molecular complexity index is 617. The zero-order chi connectivity index (χ0) is 13.8. The van der Waals surface area contributed by atoms with Gasteiger partial charge in [-0.1, -0.05) is 0 Å². The third kappa shape index (κ3) is 2.98. The molecule has 98 valence electrons. The van der Waals surface area contributed by atoms with E-state index in [1.807, 2.05) is 0 Å². The van der Waals surface area contributed by atoms with E-state index in [9.17, 15) is 9.18 Å². The summed E-state index contributed by atoms with van der Waals surface area (Å²) in [5.41, 5.74) is 5.90. The van der Waals surface area contributed by atoms with Gasteiger partial charge in [0.05, 0.1) is 12.8 Å². The van der Waals surface area contributed by atoms with Crippen LogP contribution in [0.4, 0.5) is 10.1 Å². The molecule has 0 aliphatic heterocycles. The van der Waals surface area contributed by atoms with Crippen LogP contribution in [-0.4, -0.2) is 18.1 Å². The maximum atomic E-state index is 12.9. The molecule has 1 heterocycles. The van der Waals surface area contributed by atoms with Crippen molar-refractivity contribution in [1.29, 1.82) is 0 Å². The number of anilines is 1. The average molecular weight is 262 g/mol. The molecule has 0 radical (unpaired) electrons. The number of carbonyl (C=O) groups is 1. The van der Waals surface area contributed by atoms with Crippen molar-refractivity contribution in [3.63, 3.8) is 0 Å². The minimum Gasteiger partial charge on any atom is -0.464 e. The van der Waals surface area contributed by atoms with E-state index in [-0.39, 0.29) is 11.4 Å². The van der Waals surface area contributed by atoms with Gasteiger partial charge in [-0.25, -0.2) is 14.2 Å². The van der Waals surface area contributed by atoms with Crippen LogP contribution >= 0.6 is 0 Å². The first-order valence-electron chi connectivity index (χ1n) is 5.37. The van der Waals surface area contributed by atoms with E-state index >= 15 is 0 Å². The first-order chi connectivity index (χ1) is 9.10. The number of esters is 1. The Morgan fingerprint density at radius 3 is 2.79 bits per heavy atom. The van der Waals surface area contributed by atoms with Crippen molar-refractivity contribution in [2.45, 2.75) is 0 Å². The van der Waals surface area contributed by atoms with E-state index in [2.05, 4.69) is 9.72 Å². The molecule has 5 nitrogen and oxygen atoms in total. The van der Waals surface area contributed by atoms with E-state index in [0.29, 0.717) is 11.5 Å². The second kappa shape index (κ2) is 5.34. The summed E-state index contributed by atoms with van der Waals surface area (Å²) in [7, 11) is 1.26. The van der Waals surface area contributed by atoms with Gasteiger partial charge < -0.3 is 15.2 Å². The second-order valence-electron chi connectivity index (χ2n) is 3.65. The predicted octanol–water partition coefficient (Wildman–Crippen LogP) is 2.38. The molecule has 2 aromatic rings. The number of nitrogens with two attached hydrogens (primary N) is 1. The number of nitrogen functional groups attached to an aromatic ring is 1. The van der Waals surface area contributed by atoms with Gasteiger partial charge in [0.15, 0.2) is 11.4 Å². The van der Waals surface area contributed by atoms with Crippen molar-refractivity contribution in [1.82, 2.24) is 4.98 Å². The lowest BCUT2D eigenvalue weighted by Crippen LogP contribution is -2.04. The van der Waals surface area contributed by atoms with E-state index in [0.717, 1.165) is 6.07 Å². The number of pyridine rings is 1. The molecule has 0 atom stereocenters. The number of carbonyl (C=O) groups excluding carboxylic acids is 1. The largest absolute Gasteiger partial charge is 0.464 e. The van der Waals surface area contributed by atoms with E-state index in [1.54, 1.807) is 6.07 Å². The van der Waals surface area contributed by atoms with Crippen LogP contribution in [0.15, 0.2) is 36.5 Å². The second-order valence-corrected chi connectivity index (χ2v) is 3.65. The monoisotopic (exact) mass is 262 g/mol. The number of nitrogens with zero attached hydrogens (tertiary/aromatic N) is 1. The summed E-state index contributed by atoms with van der Waals surface area (Å²) in [6.07, 6.45) is 1.40. The normalized spacial score (nSPS) is 10.0. The molecule has 2 rings (SSSR count). The highest BCUT2D eigenvalue weighted by atomic mass is 19.1. The van der Waals surface area contributed by atoms with Crippen molar-refractivity contribution in [3.8, 4) is 11.5 Å². The summed E-state index contributed by atoms with van der Waals surface area (Å²) in [4.78, 5) is 15.2. The lowest BCUT2D eigenvalue weighted by Gasteiger charge is -2.08. The van der Waals surface area contributed by atoms with E-state index in [4.69, 9.17) is 10.5 Å². The first-order valence-corrected chi connectivity index (χ1v) is 5.37. The van der Waals surface area contributed by atoms with Crippen molar-refractivity contribution in [3.05, 3.63) is 48.0 Å². The van der Waals surface area contributed by atoms with Crippen molar-refractivity contribution < 1.29 is 18.7 Å².